The summed E-state index contributed by atoms with van der Waals surface area (Å²) in [6.07, 6.45) is 5.81. The summed E-state index contributed by atoms with van der Waals surface area (Å²) in [5.41, 5.74) is 2.14. The number of benzene rings is 2. The summed E-state index contributed by atoms with van der Waals surface area (Å²) in [5, 5.41) is 6.44. The lowest BCUT2D eigenvalue weighted by Gasteiger charge is -2.20. The molecule has 188 valence electrons. The molecule has 0 radical (unpaired) electrons. The Morgan fingerprint density at radius 3 is 2.26 bits per heavy atom. The van der Waals surface area contributed by atoms with Crippen molar-refractivity contribution in [1.82, 2.24) is 5.32 Å². The summed E-state index contributed by atoms with van der Waals surface area (Å²) in [5.74, 6) is 0.261. The highest BCUT2D eigenvalue weighted by Gasteiger charge is 2.14. The van der Waals surface area contributed by atoms with E-state index in [1.165, 1.54) is 6.92 Å². The molecule has 0 aromatic heterocycles. The van der Waals surface area contributed by atoms with Crippen LogP contribution in [0.1, 0.15) is 92.4 Å². The van der Waals surface area contributed by atoms with E-state index in [9.17, 15) is 19.2 Å². The molecule has 2 aromatic rings. The SMILES string of the molecule is CCC(=O)CCCCCC(CNc1cccc(C(C)=O)c1)NC(=O)CCCC(=O)c1ccccc1. The maximum atomic E-state index is 12.6. The van der Waals surface area contributed by atoms with E-state index in [1.807, 2.05) is 43.3 Å². The molecule has 1 amide bonds. The number of carbonyl (C=O) groups excluding carboxylic acids is 4. The lowest BCUT2D eigenvalue weighted by atomic mass is 10.0. The molecular formula is C29H38N2O4. The van der Waals surface area contributed by atoms with Crippen LogP contribution in [-0.4, -0.2) is 35.8 Å². The molecule has 2 N–H and O–H groups in total. The molecule has 2 aromatic carbocycles. The van der Waals surface area contributed by atoms with Crippen molar-refractivity contribution in [3.63, 3.8) is 0 Å². The second kappa shape index (κ2) is 15.6. The molecule has 0 spiro atoms. The van der Waals surface area contributed by atoms with Gasteiger partial charge in [0.15, 0.2) is 11.6 Å². The van der Waals surface area contributed by atoms with E-state index in [0.717, 1.165) is 31.4 Å². The zero-order valence-electron chi connectivity index (χ0n) is 21.0. The fraction of sp³-hybridized carbons (Fsp3) is 0.448. The molecule has 1 atom stereocenters. The summed E-state index contributed by atoms with van der Waals surface area (Å²) in [6, 6.07) is 16.4. The van der Waals surface area contributed by atoms with Crippen LogP contribution in [0.5, 0.6) is 0 Å². The molecule has 1 unspecified atom stereocenters. The van der Waals surface area contributed by atoms with Gasteiger partial charge in [-0.25, -0.2) is 0 Å². The van der Waals surface area contributed by atoms with Gasteiger partial charge in [0.2, 0.25) is 5.91 Å². The molecule has 0 aliphatic heterocycles. The summed E-state index contributed by atoms with van der Waals surface area (Å²) < 4.78 is 0. The molecule has 0 bridgehead atoms. The number of carbonyl (C=O) groups is 4. The molecule has 2 rings (SSSR count). The predicted octanol–water partition coefficient (Wildman–Crippen LogP) is 5.77. The van der Waals surface area contributed by atoms with Gasteiger partial charge in [-0.05, 0) is 38.3 Å². The Balaban J connectivity index is 1.85. The largest absolute Gasteiger partial charge is 0.383 e. The van der Waals surface area contributed by atoms with Crippen LogP contribution in [0.2, 0.25) is 0 Å². The molecule has 6 nitrogen and oxygen atoms in total. The summed E-state index contributed by atoms with van der Waals surface area (Å²) in [7, 11) is 0. The molecule has 0 saturated heterocycles. The topological polar surface area (TPSA) is 92.3 Å². The lowest BCUT2D eigenvalue weighted by molar-refractivity contribution is -0.122. The van der Waals surface area contributed by atoms with Crippen LogP contribution in [0, 0.1) is 0 Å². The molecular weight excluding hydrogens is 440 g/mol. The first-order chi connectivity index (χ1) is 16.9. The first-order valence-electron chi connectivity index (χ1n) is 12.6. The van der Waals surface area contributed by atoms with E-state index < -0.39 is 0 Å². The number of hydrogen-bond donors (Lipinski definition) is 2. The van der Waals surface area contributed by atoms with Crippen LogP contribution in [-0.2, 0) is 9.59 Å². The number of ketones is 3. The maximum absolute atomic E-state index is 12.6. The number of anilines is 1. The van der Waals surface area contributed by atoms with Crippen molar-refractivity contribution in [1.29, 1.82) is 0 Å². The van der Waals surface area contributed by atoms with E-state index in [2.05, 4.69) is 10.6 Å². The maximum Gasteiger partial charge on any atom is 0.220 e. The molecule has 0 fully saturated rings. The second-order valence-corrected chi connectivity index (χ2v) is 8.92. The van der Waals surface area contributed by atoms with E-state index in [-0.39, 0.29) is 29.3 Å². The fourth-order valence-corrected chi connectivity index (χ4v) is 3.86. The number of rotatable bonds is 17. The van der Waals surface area contributed by atoms with Gasteiger partial charge in [0.25, 0.3) is 0 Å². The van der Waals surface area contributed by atoms with E-state index in [0.29, 0.717) is 49.8 Å². The number of unbranched alkanes of at least 4 members (excludes halogenated alkanes) is 2. The first kappa shape index (κ1) is 28.0. The number of Topliss-reactive ketones (excluding diaryl/α,β-unsaturated/α-hetero) is 3. The van der Waals surface area contributed by atoms with Gasteiger partial charge >= 0.3 is 0 Å². The number of hydrogen-bond acceptors (Lipinski definition) is 5. The van der Waals surface area contributed by atoms with Gasteiger partial charge in [0.1, 0.15) is 5.78 Å². The smallest absolute Gasteiger partial charge is 0.220 e. The van der Waals surface area contributed by atoms with Crippen molar-refractivity contribution in [2.75, 3.05) is 11.9 Å². The monoisotopic (exact) mass is 478 g/mol. The quantitative estimate of drug-likeness (QED) is 0.222. The second-order valence-electron chi connectivity index (χ2n) is 8.92. The van der Waals surface area contributed by atoms with E-state index >= 15 is 0 Å². The van der Waals surface area contributed by atoms with Crippen LogP contribution in [0.4, 0.5) is 5.69 Å². The number of nitrogens with one attached hydrogen (secondary N) is 2. The standard InChI is InChI=1S/C29H38N2O4/c1-3-27(33)17-9-5-8-15-26(21-30-25-16-10-14-24(20-25)22(2)32)31-29(35)19-11-18-28(34)23-12-6-4-7-13-23/h4,6-7,10,12-14,16,20,26,30H,3,5,8-9,11,15,17-19,21H2,1-2H3,(H,31,35). The Kier molecular flexibility index (Phi) is 12.5. The van der Waals surface area contributed by atoms with Gasteiger partial charge < -0.3 is 10.6 Å². The minimum absolute atomic E-state index is 0.00480. The Hall–Kier alpha value is -3.28. The third-order valence-corrected chi connectivity index (χ3v) is 5.99. The van der Waals surface area contributed by atoms with Crippen LogP contribution in [0.15, 0.2) is 54.6 Å². The average Bonchev–Trinajstić information content (AvgIpc) is 2.87. The zero-order chi connectivity index (χ0) is 25.5. The van der Waals surface area contributed by atoms with E-state index in [1.54, 1.807) is 18.2 Å². The van der Waals surface area contributed by atoms with Gasteiger partial charge in [0, 0.05) is 55.1 Å². The Bertz CT molecular complexity index is 972. The third kappa shape index (κ3) is 11.1. The highest BCUT2D eigenvalue weighted by Crippen LogP contribution is 2.13. The summed E-state index contributed by atoms with van der Waals surface area (Å²) >= 11 is 0. The Morgan fingerprint density at radius 1 is 0.800 bits per heavy atom. The lowest BCUT2D eigenvalue weighted by Crippen LogP contribution is -2.39. The molecule has 0 aliphatic carbocycles. The van der Waals surface area contributed by atoms with Crippen molar-refractivity contribution in [2.45, 2.75) is 77.7 Å². The van der Waals surface area contributed by atoms with Crippen LogP contribution in [0.25, 0.3) is 0 Å². The highest BCUT2D eigenvalue weighted by molar-refractivity contribution is 5.96. The Morgan fingerprint density at radius 2 is 1.54 bits per heavy atom. The molecule has 0 aliphatic rings. The third-order valence-electron chi connectivity index (χ3n) is 5.99. The van der Waals surface area contributed by atoms with Crippen molar-refractivity contribution in [3.8, 4) is 0 Å². The molecule has 35 heavy (non-hydrogen) atoms. The first-order valence-corrected chi connectivity index (χ1v) is 12.6. The van der Waals surface area contributed by atoms with Crippen LogP contribution in [0.3, 0.4) is 0 Å². The average molecular weight is 479 g/mol. The van der Waals surface area contributed by atoms with Gasteiger partial charge in [0.05, 0.1) is 0 Å². The normalized spacial score (nSPS) is 11.5. The summed E-state index contributed by atoms with van der Waals surface area (Å²) in [4.78, 5) is 48.0. The minimum atomic E-state index is -0.0878. The van der Waals surface area contributed by atoms with Crippen LogP contribution >= 0.6 is 0 Å². The Labute approximate surface area is 208 Å². The van der Waals surface area contributed by atoms with Crippen LogP contribution < -0.4 is 10.6 Å². The van der Waals surface area contributed by atoms with Crippen molar-refractivity contribution in [2.24, 2.45) is 0 Å². The minimum Gasteiger partial charge on any atom is -0.383 e. The fourth-order valence-electron chi connectivity index (χ4n) is 3.86. The van der Waals surface area contributed by atoms with Gasteiger partial charge in [-0.2, -0.15) is 0 Å². The highest BCUT2D eigenvalue weighted by atomic mass is 16.2. The molecule has 6 heteroatoms. The summed E-state index contributed by atoms with van der Waals surface area (Å²) in [6.45, 7) is 3.95. The molecule has 0 heterocycles. The van der Waals surface area contributed by atoms with Crippen molar-refractivity contribution in [3.05, 3.63) is 65.7 Å². The molecule has 0 saturated carbocycles. The van der Waals surface area contributed by atoms with Crippen molar-refractivity contribution < 1.29 is 19.2 Å². The van der Waals surface area contributed by atoms with Gasteiger partial charge in [-0.1, -0.05) is 62.2 Å². The van der Waals surface area contributed by atoms with Crippen molar-refractivity contribution >= 4 is 28.9 Å². The zero-order valence-corrected chi connectivity index (χ0v) is 21.0. The van der Waals surface area contributed by atoms with Gasteiger partial charge in [-0.15, -0.1) is 0 Å². The van der Waals surface area contributed by atoms with E-state index in [4.69, 9.17) is 0 Å². The number of amides is 1. The van der Waals surface area contributed by atoms with Gasteiger partial charge in [-0.3, -0.25) is 19.2 Å². The predicted molar refractivity (Wildman–Crippen MR) is 140 cm³/mol.